The van der Waals surface area contributed by atoms with Gasteiger partial charge in [-0.25, -0.2) is 14.2 Å². The molecule has 5 rings (SSSR count). The summed E-state index contributed by atoms with van der Waals surface area (Å²) in [5.41, 5.74) is -0.417. The topological polar surface area (TPSA) is 97.2 Å². The van der Waals surface area contributed by atoms with Crippen molar-refractivity contribution in [2.75, 3.05) is 18.1 Å². The number of pyridine rings is 2. The Labute approximate surface area is 260 Å². The minimum atomic E-state index is -2.18. The summed E-state index contributed by atoms with van der Waals surface area (Å²) in [6.45, 7) is 22.4. The zero-order valence-electron chi connectivity index (χ0n) is 27.3. The number of rotatable bonds is 4. The Morgan fingerprint density at radius 2 is 1.88 bits per heavy atom. The highest BCUT2D eigenvalue weighted by Crippen LogP contribution is 2.50. The van der Waals surface area contributed by atoms with Crippen LogP contribution in [0.15, 0.2) is 0 Å². The molecular weight excluding hydrogens is 591 g/mol. The van der Waals surface area contributed by atoms with Crippen LogP contribution in [-0.4, -0.2) is 76.9 Å². The summed E-state index contributed by atoms with van der Waals surface area (Å²) in [6, 6.07) is -0.572. The van der Waals surface area contributed by atoms with Gasteiger partial charge in [0.25, 0.3) is 0 Å². The number of hydrogen-bond donors (Lipinski definition) is 1. The Morgan fingerprint density at radius 3 is 2.49 bits per heavy atom. The van der Waals surface area contributed by atoms with Crippen molar-refractivity contribution in [2.45, 2.75) is 129 Å². The first-order valence-electron chi connectivity index (χ1n) is 15.1. The molecule has 0 radical (unpaired) electrons. The van der Waals surface area contributed by atoms with Crippen LogP contribution in [0.4, 0.5) is 15.0 Å². The lowest BCUT2D eigenvalue weighted by molar-refractivity contribution is -0.0165. The first-order valence-corrected chi connectivity index (χ1v) is 18.4. The molecule has 0 aromatic carbocycles. The Balaban J connectivity index is 1.64. The van der Waals surface area contributed by atoms with Gasteiger partial charge in [-0.05, 0) is 78.1 Å². The fourth-order valence-corrected chi connectivity index (χ4v) is 7.80. The second-order valence-corrected chi connectivity index (χ2v) is 20.4. The van der Waals surface area contributed by atoms with Gasteiger partial charge in [-0.2, -0.15) is 4.98 Å². The van der Waals surface area contributed by atoms with E-state index in [1.54, 1.807) is 6.92 Å². The van der Waals surface area contributed by atoms with E-state index in [2.05, 4.69) is 50.7 Å². The van der Waals surface area contributed by atoms with Gasteiger partial charge in [0.2, 0.25) is 5.88 Å². The Kier molecular flexibility index (Phi) is 7.80. The third-order valence-electron chi connectivity index (χ3n) is 9.79. The van der Waals surface area contributed by atoms with Gasteiger partial charge in [0.05, 0.1) is 35.3 Å². The summed E-state index contributed by atoms with van der Waals surface area (Å²) in [5.74, 6) is -0.0229. The van der Waals surface area contributed by atoms with E-state index in [-0.39, 0.29) is 46.2 Å². The zero-order chi connectivity index (χ0) is 32.0. The van der Waals surface area contributed by atoms with Crippen LogP contribution in [0.3, 0.4) is 0 Å². The lowest BCUT2D eigenvalue weighted by atomic mass is 9.93. The monoisotopic (exact) mass is 636 g/mol. The summed E-state index contributed by atoms with van der Waals surface area (Å²) in [7, 11) is -2.18. The van der Waals surface area contributed by atoms with Crippen molar-refractivity contribution >= 4 is 42.6 Å². The Bertz CT molecular complexity index is 1460. The molecule has 5 atom stereocenters. The van der Waals surface area contributed by atoms with E-state index in [4.69, 9.17) is 30.5 Å². The van der Waals surface area contributed by atoms with Gasteiger partial charge in [0, 0.05) is 11.9 Å². The van der Waals surface area contributed by atoms with Gasteiger partial charge in [-0.3, -0.25) is 4.90 Å². The van der Waals surface area contributed by atoms with Crippen molar-refractivity contribution in [3.63, 3.8) is 0 Å². The summed E-state index contributed by atoms with van der Waals surface area (Å²) in [5, 5.41) is 11.8. The molecule has 1 N–H and O–H groups in total. The van der Waals surface area contributed by atoms with Gasteiger partial charge < -0.3 is 23.9 Å². The normalized spacial score (nSPS) is 26.2. The van der Waals surface area contributed by atoms with E-state index in [1.165, 1.54) is 0 Å². The lowest BCUT2D eigenvalue weighted by Gasteiger charge is -2.52. The van der Waals surface area contributed by atoms with Crippen LogP contribution in [0.1, 0.15) is 85.6 Å². The molecule has 238 valence electrons. The maximum Gasteiger partial charge on any atom is 0.411 e. The molecule has 0 saturated carbocycles. The number of fused-ring (bicyclic) bond motifs is 5. The average molecular weight is 637 g/mol. The Morgan fingerprint density at radius 1 is 1.23 bits per heavy atom. The molecule has 5 heterocycles. The van der Waals surface area contributed by atoms with E-state index < -0.39 is 37.5 Å². The molecule has 3 aliphatic heterocycles. The summed E-state index contributed by atoms with van der Waals surface area (Å²) >= 11 is 6.34. The van der Waals surface area contributed by atoms with Crippen molar-refractivity contribution < 1.29 is 28.2 Å². The highest BCUT2D eigenvalue weighted by atomic mass is 35.5. The summed E-state index contributed by atoms with van der Waals surface area (Å²) in [4.78, 5) is 26.9. The Hall–Kier alpha value is -2.21. The van der Waals surface area contributed by atoms with Crippen LogP contribution in [-0.2, 0) is 9.16 Å². The highest BCUT2D eigenvalue weighted by Gasteiger charge is 2.59. The number of amides is 1. The smallest absolute Gasteiger partial charge is 0.411 e. The van der Waals surface area contributed by atoms with E-state index in [9.17, 15) is 9.90 Å². The number of hydrogen-bond acceptors (Lipinski definition) is 8. The fourth-order valence-electron chi connectivity index (χ4n) is 6.62. The maximum atomic E-state index is 15.9. The molecule has 1 unspecified atom stereocenters. The number of aliphatic hydroxyl groups excluding tert-OH is 1. The largest absolute Gasteiger partial charge is 0.472 e. The molecule has 12 heteroatoms. The quantitative estimate of drug-likeness (QED) is 0.286. The van der Waals surface area contributed by atoms with Gasteiger partial charge in [0.15, 0.2) is 19.3 Å². The number of ether oxygens (including phenoxy) is 2. The van der Waals surface area contributed by atoms with Crippen LogP contribution < -0.4 is 9.64 Å². The fraction of sp³-hybridized carbons (Fsp3) is 0.710. The van der Waals surface area contributed by atoms with E-state index in [0.717, 1.165) is 12.8 Å². The molecule has 2 bridgehead atoms. The van der Waals surface area contributed by atoms with Crippen LogP contribution in [0, 0.1) is 12.7 Å². The molecule has 43 heavy (non-hydrogen) atoms. The minimum absolute atomic E-state index is 0.0334. The maximum absolute atomic E-state index is 15.9. The molecule has 2 saturated heterocycles. The molecule has 0 spiro atoms. The number of nitrogens with zero attached hydrogens (tertiary/aromatic N) is 4. The number of carbonyl (C=O) groups is 1. The predicted octanol–water partition coefficient (Wildman–Crippen LogP) is 6.91. The molecule has 9 nitrogen and oxygen atoms in total. The van der Waals surface area contributed by atoms with Crippen LogP contribution in [0.5, 0.6) is 5.88 Å². The SMILES string of the molecule is Cc1c(C(O)CO[Si](C)(C)C(C)(C)C)nc2c3c(nc(Cl)c(F)c13)O[C@@H](C)[C@@H]1[C@@H]3CC[C@](C)(CN21)N3C(=O)OC(C)(C)C. The molecule has 2 aromatic heterocycles. The molecule has 0 aliphatic carbocycles. The zero-order valence-corrected chi connectivity index (χ0v) is 29.0. The van der Waals surface area contributed by atoms with Gasteiger partial charge >= 0.3 is 6.09 Å². The van der Waals surface area contributed by atoms with E-state index in [1.807, 2.05) is 32.6 Å². The molecule has 1 amide bonds. The highest BCUT2D eigenvalue weighted by molar-refractivity contribution is 6.74. The number of carbonyl (C=O) groups excluding carboxylic acids is 1. The average Bonchev–Trinajstić information content (AvgIpc) is 3.04. The molecule has 2 aromatic rings. The standard InChI is InChI=1S/C31H46ClFN4O5Si/c1-16-20-21-26(34-23(16)19(38)14-40-43(10,11)30(6,7)8)36-15-31(9)13-12-18(37(31)28(39)42-29(3,4)5)24(36)17(2)41-27(21)35-25(32)22(20)33/h17-19,24,38H,12-15H2,1-11H3/t17-,18-,19?,24+,31+/m0/s1. The molecular formula is C31H46ClFN4O5Si. The van der Waals surface area contributed by atoms with Crippen LogP contribution >= 0.6 is 11.6 Å². The van der Waals surface area contributed by atoms with Crippen molar-refractivity contribution in [3.05, 3.63) is 22.2 Å². The third kappa shape index (κ3) is 5.38. The molecule has 2 fully saturated rings. The first-order chi connectivity index (χ1) is 19.7. The van der Waals surface area contributed by atoms with E-state index in [0.29, 0.717) is 29.0 Å². The summed E-state index contributed by atoms with van der Waals surface area (Å²) < 4.78 is 34.5. The number of piperazine rings is 1. The predicted molar refractivity (Wildman–Crippen MR) is 168 cm³/mol. The number of aliphatic hydroxyl groups is 1. The summed E-state index contributed by atoms with van der Waals surface area (Å²) in [6.07, 6.45) is -0.394. The molecule has 3 aliphatic rings. The van der Waals surface area contributed by atoms with Crippen molar-refractivity contribution in [3.8, 4) is 5.88 Å². The minimum Gasteiger partial charge on any atom is -0.472 e. The number of aromatic nitrogens is 2. The van der Waals surface area contributed by atoms with Crippen LogP contribution in [0.25, 0.3) is 10.8 Å². The first kappa shape index (κ1) is 32.2. The van der Waals surface area contributed by atoms with Crippen molar-refractivity contribution in [1.29, 1.82) is 0 Å². The number of halogens is 2. The van der Waals surface area contributed by atoms with Gasteiger partial charge in [-0.1, -0.05) is 32.4 Å². The third-order valence-corrected chi connectivity index (χ3v) is 14.5. The lowest BCUT2D eigenvalue weighted by Crippen LogP contribution is -2.69. The van der Waals surface area contributed by atoms with Crippen molar-refractivity contribution in [1.82, 2.24) is 14.9 Å². The number of anilines is 1. The van der Waals surface area contributed by atoms with Crippen molar-refractivity contribution in [2.24, 2.45) is 0 Å². The van der Waals surface area contributed by atoms with Crippen LogP contribution in [0.2, 0.25) is 23.3 Å². The second-order valence-electron chi connectivity index (χ2n) is 15.2. The number of aryl methyl sites for hydroxylation is 1. The van der Waals surface area contributed by atoms with Gasteiger partial charge in [0.1, 0.15) is 23.6 Å². The van der Waals surface area contributed by atoms with E-state index >= 15 is 4.39 Å². The van der Waals surface area contributed by atoms with Gasteiger partial charge in [-0.15, -0.1) is 0 Å². The second kappa shape index (κ2) is 10.4.